The van der Waals surface area contributed by atoms with E-state index in [0.29, 0.717) is 12.8 Å². The third-order valence-electron chi connectivity index (χ3n) is 8.76. The molecule has 5 nitrogen and oxygen atoms in total. The number of carbonyl (C=O) groups excluding carboxylic acids is 3. The molecule has 6 atom stereocenters. The summed E-state index contributed by atoms with van der Waals surface area (Å²) in [5.74, 6) is 0.285. The largest absolute Gasteiger partial charge is 0.482 e. The van der Waals surface area contributed by atoms with Gasteiger partial charge in [0.15, 0.2) is 11.6 Å². The van der Waals surface area contributed by atoms with Crippen molar-refractivity contribution >= 4 is 45.7 Å². The van der Waals surface area contributed by atoms with Crippen LogP contribution in [0.1, 0.15) is 58.8 Å². The summed E-state index contributed by atoms with van der Waals surface area (Å²) in [6.07, 6.45) is 6.04. The van der Waals surface area contributed by atoms with Crippen LogP contribution >= 0.6 is 24.0 Å². The summed E-state index contributed by atoms with van der Waals surface area (Å²) >= 11 is 6.14. The summed E-state index contributed by atoms with van der Waals surface area (Å²) in [5.41, 5.74) is -1.39. The molecule has 0 amide bonds. The molecule has 3 saturated carbocycles. The molecule has 0 aromatic rings. The van der Waals surface area contributed by atoms with Gasteiger partial charge in [0.1, 0.15) is 11.4 Å². The Labute approximate surface area is 187 Å². The number of ketones is 3. The molecule has 30 heavy (non-hydrogen) atoms. The van der Waals surface area contributed by atoms with Gasteiger partial charge in [-0.25, -0.2) is 0 Å². The zero-order valence-electron chi connectivity index (χ0n) is 17.9. The van der Waals surface area contributed by atoms with Gasteiger partial charge in [0.25, 0.3) is 0 Å². The molecule has 0 bridgehead atoms. The third-order valence-corrected chi connectivity index (χ3v) is 10.1. The van der Waals surface area contributed by atoms with Gasteiger partial charge < -0.3 is 9.84 Å². The van der Waals surface area contributed by atoms with E-state index in [9.17, 15) is 19.5 Å². The number of hydrogen-bond donors (Lipinski definition) is 1. The highest BCUT2D eigenvalue weighted by atomic mass is 32.2. The van der Waals surface area contributed by atoms with Crippen molar-refractivity contribution in [3.63, 3.8) is 0 Å². The average Bonchev–Trinajstić information content (AvgIpc) is 2.97. The topological polar surface area (TPSA) is 80.7 Å². The normalized spacial score (nSPS) is 42.7. The minimum atomic E-state index is -1.51. The molecule has 7 heteroatoms. The van der Waals surface area contributed by atoms with Crippen molar-refractivity contribution in [3.8, 4) is 0 Å². The van der Waals surface area contributed by atoms with Crippen LogP contribution in [0.15, 0.2) is 11.6 Å². The lowest BCUT2D eigenvalue weighted by Crippen LogP contribution is -2.60. The quantitative estimate of drug-likeness (QED) is 0.657. The molecule has 4 aliphatic rings. The number of thiocarbonyl (C=S) groups is 1. The number of methoxy groups -OCH3 is 1. The van der Waals surface area contributed by atoms with Crippen molar-refractivity contribution in [3.05, 3.63) is 11.6 Å². The number of aliphatic hydroxyl groups is 1. The fraction of sp³-hybridized carbons (Fsp3) is 0.739. The number of hydrogen-bond acceptors (Lipinski definition) is 7. The van der Waals surface area contributed by atoms with Crippen LogP contribution < -0.4 is 0 Å². The van der Waals surface area contributed by atoms with Crippen LogP contribution in [-0.2, 0) is 19.1 Å². The van der Waals surface area contributed by atoms with Crippen molar-refractivity contribution in [1.82, 2.24) is 0 Å². The lowest BCUT2D eigenvalue weighted by Gasteiger charge is -2.57. The molecule has 0 aromatic carbocycles. The predicted molar refractivity (Wildman–Crippen MR) is 119 cm³/mol. The van der Waals surface area contributed by atoms with Crippen LogP contribution in [0.5, 0.6) is 0 Å². The summed E-state index contributed by atoms with van der Waals surface area (Å²) in [7, 11) is 1.46. The Kier molecular flexibility index (Phi) is 5.55. The number of ether oxygens (including phenoxy) is 1. The maximum Gasteiger partial charge on any atom is 0.220 e. The van der Waals surface area contributed by atoms with E-state index in [4.69, 9.17) is 17.0 Å². The second kappa shape index (κ2) is 7.52. The number of fused-ring (bicyclic) bond motifs is 5. The first-order valence-electron chi connectivity index (χ1n) is 10.8. The first-order chi connectivity index (χ1) is 14.1. The molecule has 0 radical (unpaired) electrons. The number of allylic oxidation sites excluding steroid dienone is 1. The Bertz CT molecular complexity index is 851. The molecule has 4 aliphatic carbocycles. The van der Waals surface area contributed by atoms with Gasteiger partial charge in [-0.15, -0.1) is 0 Å². The van der Waals surface area contributed by atoms with Gasteiger partial charge >= 0.3 is 0 Å². The Balaban J connectivity index is 1.63. The van der Waals surface area contributed by atoms with Gasteiger partial charge in [0, 0.05) is 24.2 Å². The van der Waals surface area contributed by atoms with Crippen molar-refractivity contribution in [2.24, 2.45) is 28.6 Å². The molecular weight excluding hydrogens is 420 g/mol. The van der Waals surface area contributed by atoms with Crippen molar-refractivity contribution in [2.75, 3.05) is 12.9 Å². The maximum absolute atomic E-state index is 13.6. The van der Waals surface area contributed by atoms with Gasteiger partial charge in [0.05, 0.1) is 12.9 Å². The third kappa shape index (κ3) is 3.06. The molecule has 4 rings (SSSR count). The average molecular weight is 451 g/mol. The lowest BCUT2D eigenvalue weighted by molar-refractivity contribution is -0.167. The van der Waals surface area contributed by atoms with Crippen molar-refractivity contribution < 1.29 is 24.2 Å². The summed E-state index contributed by atoms with van der Waals surface area (Å²) < 4.78 is 5.24. The minimum absolute atomic E-state index is 0.0560. The Morgan fingerprint density at radius 2 is 2.00 bits per heavy atom. The molecule has 0 saturated heterocycles. The SMILES string of the molecule is COC(=S)SCC(=O)[C@@]1(O)CCC2C3CCC4=CC(=O)CC[C@]4(C)C3C(=O)C[C@@]21C. The molecule has 3 unspecified atom stereocenters. The molecule has 0 aliphatic heterocycles. The molecule has 3 fully saturated rings. The summed E-state index contributed by atoms with van der Waals surface area (Å²) in [6, 6.07) is 0. The van der Waals surface area contributed by atoms with Gasteiger partial charge in [0.2, 0.25) is 4.38 Å². The van der Waals surface area contributed by atoms with Gasteiger partial charge in [-0.2, -0.15) is 0 Å². The monoisotopic (exact) mass is 450 g/mol. The Morgan fingerprint density at radius 3 is 2.70 bits per heavy atom. The zero-order chi connectivity index (χ0) is 21.9. The second-order valence-corrected chi connectivity index (χ2v) is 11.5. The fourth-order valence-electron chi connectivity index (χ4n) is 7.15. The van der Waals surface area contributed by atoms with Crippen molar-refractivity contribution in [2.45, 2.75) is 64.4 Å². The summed E-state index contributed by atoms with van der Waals surface area (Å²) in [6.45, 7) is 4.09. The second-order valence-electron chi connectivity index (χ2n) is 9.97. The van der Waals surface area contributed by atoms with E-state index >= 15 is 0 Å². The van der Waals surface area contributed by atoms with E-state index in [2.05, 4.69) is 6.92 Å². The Hall–Kier alpha value is -1.05. The molecule has 0 heterocycles. The van der Waals surface area contributed by atoms with Gasteiger partial charge in [-0.1, -0.05) is 31.2 Å². The highest BCUT2D eigenvalue weighted by molar-refractivity contribution is 8.23. The smallest absolute Gasteiger partial charge is 0.220 e. The van der Waals surface area contributed by atoms with E-state index in [1.165, 1.54) is 7.11 Å². The van der Waals surface area contributed by atoms with E-state index in [1.807, 2.05) is 6.92 Å². The molecule has 0 aromatic heterocycles. The van der Waals surface area contributed by atoms with E-state index in [1.54, 1.807) is 6.08 Å². The molecule has 164 valence electrons. The maximum atomic E-state index is 13.6. The van der Waals surface area contributed by atoms with Crippen LogP contribution in [-0.4, -0.2) is 45.3 Å². The lowest BCUT2D eigenvalue weighted by atomic mass is 9.46. The van der Waals surface area contributed by atoms with Crippen LogP contribution in [0.25, 0.3) is 0 Å². The highest BCUT2D eigenvalue weighted by Crippen LogP contribution is 2.66. The Morgan fingerprint density at radius 1 is 1.27 bits per heavy atom. The number of Topliss-reactive ketones (excluding diaryl/α,β-unsaturated/α-hetero) is 2. The fourth-order valence-corrected chi connectivity index (χ4v) is 7.93. The minimum Gasteiger partial charge on any atom is -0.482 e. The highest BCUT2D eigenvalue weighted by Gasteiger charge is 2.68. The van der Waals surface area contributed by atoms with E-state index in [-0.39, 0.29) is 57.1 Å². The van der Waals surface area contributed by atoms with Crippen LogP contribution in [0.2, 0.25) is 0 Å². The molecule has 0 spiro atoms. The molecule has 1 N–H and O–H groups in total. The number of thioether (sulfide) groups is 1. The number of rotatable bonds is 3. The first kappa shape index (κ1) is 22.2. The van der Waals surface area contributed by atoms with Gasteiger partial charge in [-0.05, 0) is 67.6 Å². The van der Waals surface area contributed by atoms with E-state index < -0.39 is 11.0 Å². The zero-order valence-corrected chi connectivity index (χ0v) is 19.5. The van der Waals surface area contributed by atoms with E-state index in [0.717, 1.165) is 43.0 Å². The summed E-state index contributed by atoms with van der Waals surface area (Å²) in [5, 5.41) is 11.6. The van der Waals surface area contributed by atoms with Crippen molar-refractivity contribution in [1.29, 1.82) is 0 Å². The van der Waals surface area contributed by atoms with Crippen LogP contribution in [0.3, 0.4) is 0 Å². The predicted octanol–water partition coefficient (Wildman–Crippen LogP) is 3.66. The standard InChI is InChI=1S/C23H30O5S2/c1-21-8-6-14(24)10-13(21)4-5-15-16-7-9-23(27,18(26)12-30-20(29)28-3)22(16,2)11-17(25)19(15)21/h10,15-16,19,27H,4-9,11-12H2,1-3H3/t15?,16?,19?,21-,22-,23-/m0/s1. The number of carbonyl (C=O) groups is 3. The van der Waals surface area contributed by atoms with Gasteiger partial charge in [-0.3, -0.25) is 14.4 Å². The van der Waals surface area contributed by atoms with Crippen LogP contribution in [0.4, 0.5) is 0 Å². The molecular formula is C23H30O5S2. The van der Waals surface area contributed by atoms with Crippen LogP contribution in [0, 0.1) is 28.6 Å². The summed E-state index contributed by atoms with van der Waals surface area (Å²) in [4.78, 5) is 38.6. The first-order valence-corrected chi connectivity index (χ1v) is 12.2.